The molecule has 36 heavy (non-hydrogen) atoms. The predicted octanol–water partition coefficient (Wildman–Crippen LogP) is 4.10. The van der Waals surface area contributed by atoms with Crippen molar-refractivity contribution in [2.75, 3.05) is 19.6 Å². The van der Waals surface area contributed by atoms with Gasteiger partial charge in [-0.1, -0.05) is 12.1 Å². The molecule has 2 amide bonds. The molecule has 0 saturated carbocycles. The number of fused-ring (bicyclic) bond motifs is 1. The molecule has 0 bridgehead atoms. The number of nitrogens with zero attached hydrogens (tertiary/aromatic N) is 4. The van der Waals surface area contributed by atoms with Crippen LogP contribution in [0.2, 0.25) is 0 Å². The van der Waals surface area contributed by atoms with Crippen molar-refractivity contribution in [2.45, 2.75) is 65.0 Å². The van der Waals surface area contributed by atoms with Crippen LogP contribution in [0.25, 0.3) is 0 Å². The molecule has 3 heterocycles. The SMILES string of the molecule is CC(C)n1nc(CN2CCCC2)c2c1CN(C(=O)NCc1cccc(F)c1)CC2.O=C(O)C(F)(F)F. The van der Waals surface area contributed by atoms with Gasteiger partial charge in [0.05, 0.1) is 17.9 Å². The van der Waals surface area contributed by atoms with Crippen LogP contribution in [-0.2, 0) is 30.8 Å². The molecule has 8 nitrogen and oxygen atoms in total. The van der Waals surface area contributed by atoms with Crippen LogP contribution in [-0.4, -0.2) is 62.5 Å². The molecule has 4 rings (SSSR count). The Bertz CT molecular complexity index is 1060. The number of carboxylic acid groups (broad SMARTS) is 1. The number of rotatable bonds is 5. The van der Waals surface area contributed by atoms with E-state index in [1.165, 1.54) is 36.2 Å². The number of carbonyl (C=O) groups is 2. The normalized spacial score (nSPS) is 15.9. The molecular formula is C24H31F4N5O3. The number of hydrogen-bond acceptors (Lipinski definition) is 4. The second-order valence-electron chi connectivity index (χ2n) is 9.16. The molecule has 0 unspecified atom stereocenters. The zero-order chi connectivity index (χ0) is 26.5. The van der Waals surface area contributed by atoms with Gasteiger partial charge in [-0.2, -0.15) is 18.3 Å². The number of nitrogens with one attached hydrogen (secondary N) is 1. The quantitative estimate of drug-likeness (QED) is 0.588. The number of halogens is 4. The maximum Gasteiger partial charge on any atom is 0.490 e. The molecule has 0 atom stereocenters. The lowest BCUT2D eigenvalue weighted by molar-refractivity contribution is -0.192. The van der Waals surface area contributed by atoms with E-state index in [-0.39, 0.29) is 17.9 Å². The summed E-state index contributed by atoms with van der Waals surface area (Å²) in [6.45, 7) is 9.05. The molecule has 0 radical (unpaired) electrons. The summed E-state index contributed by atoms with van der Waals surface area (Å²) < 4.78 is 47.2. The summed E-state index contributed by atoms with van der Waals surface area (Å²) in [4.78, 5) is 25.9. The second-order valence-corrected chi connectivity index (χ2v) is 9.16. The largest absolute Gasteiger partial charge is 0.490 e. The Kier molecular flexibility index (Phi) is 8.93. The van der Waals surface area contributed by atoms with E-state index in [1.54, 1.807) is 6.07 Å². The minimum atomic E-state index is -5.08. The number of aromatic nitrogens is 2. The van der Waals surface area contributed by atoms with Gasteiger partial charge >= 0.3 is 18.2 Å². The van der Waals surface area contributed by atoms with E-state index in [1.807, 2.05) is 11.0 Å². The first kappa shape index (κ1) is 27.4. The third-order valence-electron chi connectivity index (χ3n) is 6.10. The summed E-state index contributed by atoms with van der Waals surface area (Å²) in [5, 5.41) is 15.0. The molecule has 0 aliphatic carbocycles. The monoisotopic (exact) mass is 513 g/mol. The summed E-state index contributed by atoms with van der Waals surface area (Å²) in [5.74, 6) is -3.04. The highest BCUT2D eigenvalue weighted by Crippen LogP contribution is 2.27. The summed E-state index contributed by atoms with van der Waals surface area (Å²) in [7, 11) is 0. The van der Waals surface area contributed by atoms with Gasteiger partial charge in [-0.05, 0) is 63.9 Å². The van der Waals surface area contributed by atoms with Gasteiger partial charge in [0.1, 0.15) is 5.82 Å². The first-order valence-corrected chi connectivity index (χ1v) is 11.8. The van der Waals surface area contributed by atoms with Gasteiger partial charge in [0, 0.05) is 31.2 Å². The fraction of sp³-hybridized carbons (Fsp3) is 0.542. The minimum Gasteiger partial charge on any atom is -0.475 e. The summed E-state index contributed by atoms with van der Waals surface area (Å²) in [6.07, 6.45) is -1.71. The highest BCUT2D eigenvalue weighted by Gasteiger charge is 2.38. The van der Waals surface area contributed by atoms with Crippen molar-refractivity contribution in [3.8, 4) is 0 Å². The highest BCUT2D eigenvalue weighted by molar-refractivity contribution is 5.74. The van der Waals surface area contributed by atoms with Crippen molar-refractivity contribution in [3.05, 3.63) is 52.6 Å². The standard InChI is InChI=1S/C22H30FN5O.C2HF3O2/c1-16(2)28-21-15-27(22(29)24-13-17-6-5-7-18(23)12-17)11-8-19(21)20(25-28)14-26-9-3-4-10-26;3-2(4,5)1(6)7/h5-7,12,16H,3-4,8-11,13-15H2,1-2H3,(H,24,29);(H,6,7). The molecule has 2 aliphatic heterocycles. The van der Waals surface area contributed by atoms with Crippen LogP contribution in [0.3, 0.4) is 0 Å². The average Bonchev–Trinajstić information content (AvgIpc) is 3.45. The number of carboxylic acids is 1. The van der Waals surface area contributed by atoms with Crippen LogP contribution in [0.1, 0.15) is 55.2 Å². The number of amides is 2. The Hall–Kier alpha value is -3.15. The summed E-state index contributed by atoms with van der Waals surface area (Å²) in [6, 6.07) is 6.48. The number of urea groups is 1. The van der Waals surface area contributed by atoms with Crippen molar-refractivity contribution in [1.82, 2.24) is 24.9 Å². The van der Waals surface area contributed by atoms with Crippen LogP contribution in [0, 0.1) is 5.82 Å². The fourth-order valence-corrected chi connectivity index (χ4v) is 4.34. The van der Waals surface area contributed by atoms with Gasteiger partial charge in [-0.25, -0.2) is 14.0 Å². The van der Waals surface area contributed by atoms with Gasteiger partial charge in [-0.3, -0.25) is 9.58 Å². The lowest BCUT2D eigenvalue weighted by atomic mass is 10.0. The van der Waals surface area contributed by atoms with E-state index in [2.05, 4.69) is 28.7 Å². The Morgan fingerprint density at radius 1 is 1.17 bits per heavy atom. The van der Waals surface area contributed by atoms with Crippen LogP contribution >= 0.6 is 0 Å². The summed E-state index contributed by atoms with van der Waals surface area (Å²) in [5.41, 5.74) is 4.41. The van der Waals surface area contributed by atoms with Crippen molar-refractivity contribution >= 4 is 12.0 Å². The highest BCUT2D eigenvalue weighted by atomic mass is 19.4. The molecule has 1 saturated heterocycles. The van der Waals surface area contributed by atoms with E-state index in [0.717, 1.165) is 37.3 Å². The molecule has 1 fully saturated rings. The average molecular weight is 514 g/mol. The molecule has 0 spiro atoms. The van der Waals surface area contributed by atoms with E-state index in [4.69, 9.17) is 15.0 Å². The molecule has 2 N–H and O–H groups in total. The zero-order valence-electron chi connectivity index (χ0n) is 20.3. The van der Waals surface area contributed by atoms with E-state index < -0.39 is 12.1 Å². The van der Waals surface area contributed by atoms with Crippen molar-refractivity contribution in [2.24, 2.45) is 0 Å². The minimum absolute atomic E-state index is 0.113. The van der Waals surface area contributed by atoms with Crippen molar-refractivity contribution in [1.29, 1.82) is 0 Å². The third kappa shape index (κ3) is 7.19. The van der Waals surface area contributed by atoms with E-state index >= 15 is 0 Å². The Labute approximate surface area is 206 Å². The van der Waals surface area contributed by atoms with E-state index in [0.29, 0.717) is 19.6 Å². The number of aliphatic carboxylic acids is 1. The molecule has 12 heteroatoms. The van der Waals surface area contributed by atoms with Crippen molar-refractivity contribution < 1.29 is 32.3 Å². The van der Waals surface area contributed by atoms with Crippen LogP contribution < -0.4 is 5.32 Å². The Balaban J connectivity index is 0.000000454. The zero-order valence-corrected chi connectivity index (χ0v) is 20.3. The molecule has 2 aliphatic rings. The predicted molar refractivity (Wildman–Crippen MR) is 124 cm³/mol. The molecule has 1 aromatic heterocycles. The summed E-state index contributed by atoms with van der Waals surface area (Å²) >= 11 is 0. The van der Waals surface area contributed by atoms with Gasteiger partial charge in [-0.15, -0.1) is 0 Å². The number of hydrogen-bond donors (Lipinski definition) is 2. The number of alkyl halides is 3. The number of carbonyl (C=O) groups excluding carboxylic acids is 1. The first-order valence-electron chi connectivity index (χ1n) is 11.8. The Morgan fingerprint density at radius 3 is 2.42 bits per heavy atom. The topological polar surface area (TPSA) is 90.7 Å². The third-order valence-corrected chi connectivity index (χ3v) is 6.10. The van der Waals surface area contributed by atoms with Crippen LogP contribution in [0.15, 0.2) is 24.3 Å². The van der Waals surface area contributed by atoms with Gasteiger partial charge in [0.15, 0.2) is 0 Å². The maximum absolute atomic E-state index is 13.3. The lowest BCUT2D eigenvalue weighted by Crippen LogP contribution is -2.43. The molecular weight excluding hydrogens is 482 g/mol. The Morgan fingerprint density at radius 2 is 1.83 bits per heavy atom. The van der Waals surface area contributed by atoms with Gasteiger partial charge < -0.3 is 15.3 Å². The van der Waals surface area contributed by atoms with Gasteiger partial charge in [0.2, 0.25) is 0 Å². The number of benzene rings is 1. The van der Waals surface area contributed by atoms with Crippen LogP contribution in [0.4, 0.5) is 22.4 Å². The smallest absolute Gasteiger partial charge is 0.475 e. The van der Waals surface area contributed by atoms with Crippen molar-refractivity contribution in [3.63, 3.8) is 0 Å². The van der Waals surface area contributed by atoms with E-state index in [9.17, 15) is 22.4 Å². The molecule has 1 aromatic carbocycles. The second kappa shape index (κ2) is 11.7. The first-order chi connectivity index (χ1) is 17.0. The fourth-order valence-electron chi connectivity index (χ4n) is 4.34. The molecule has 2 aromatic rings. The maximum atomic E-state index is 13.3. The molecule has 198 valence electrons. The number of likely N-dealkylation sites (tertiary alicyclic amines) is 1. The van der Waals surface area contributed by atoms with Crippen LogP contribution in [0.5, 0.6) is 0 Å². The lowest BCUT2D eigenvalue weighted by Gasteiger charge is -2.29. The van der Waals surface area contributed by atoms with Gasteiger partial charge in [0.25, 0.3) is 0 Å².